The lowest BCUT2D eigenvalue weighted by atomic mass is 9.86. The molecule has 0 saturated carbocycles. The summed E-state index contributed by atoms with van der Waals surface area (Å²) >= 11 is 0. The summed E-state index contributed by atoms with van der Waals surface area (Å²) in [5.41, 5.74) is 9.24. The van der Waals surface area contributed by atoms with Crippen LogP contribution in [0.2, 0.25) is 0 Å². The average Bonchev–Trinajstić information content (AvgIpc) is 2.62. The number of benzene rings is 3. The van der Waals surface area contributed by atoms with E-state index in [0.717, 1.165) is 12.8 Å². The van der Waals surface area contributed by atoms with Crippen LogP contribution >= 0.6 is 0 Å². The molecule has 0 amide bonds. The molecule has 1 N–H and O–H groups in total. The predicted octanol–water partition coefficient (Wildman–Crippen LogP) is 6.69. The normalized spacial score (nSPS) is 15.4. The van der Waals surface area contributed by atoms with Gasteiger partial charge in [-0.2, -0.15) is 0 Å². The van der Waals surface area contributed by atoms with Gasteiger partial charge in [-0.25, -0.2) is 0 Å². The summed E-state index contributed by atoms with van der Waals surface area (Å²) in [7, 11) is 0. The zero-order chi connectivity index (χ0) is 16.1. The minimum absolute atomic E-state index is 1.16. The van der Waals surface area contributed by atoms with Gasteiger partial charge in [-0.3, -0.25) is 0 Å². The van der Waals surface area contributed by atoms with Crippen LogP contribution in [-0.4, -0.2) is 0 Å². The molecule has 0 fully saturated rings. The lowest BCUT2D eigenvalue weighted by molar-refractivity contribution is 0.967. The Kier molecular flexibility index (Phi) is 2.90. The lowest BCUT2D eigenvalue weighted by Gasteiger charge is -2.24. The van der Waals surface area contributed by atoms with E-state index in [1.54, 1.807) is 0 Å². The molecule has 1 aliphatic heterocycles. The van der Waals surface area contributed by atoms with Crippen LogP contribution < -0.4 is 5.32 Å². The highest BCUT2D eigenvalue weighted by Gasteiger charge is 2.19. The van der Waals surface area contributed by atoms with Crippen molar-refractivity contribution in [1.29, 1.82) is 0 Å². The Labute approximate surface area is 142 Å². The van der Waals surface area contributed by atoms with Crippen molar-refractivity contribution in [1.82, 2.24) is 0 Å². The van der Waals surface area contributed by atoms with Crippen molar-refractivity contribution >= 4 is 27.7 Å². The maximum atomic E-state index is 3.59. The highest BCUT2D eigenvalue weighted by molar-refractivity contribution is 6.12. The quantitative estimate of drug-likeness (QED) is 0.413. The Bertz CT molecular complexity index is 1040. The fraction of sp³-hybridized carbons (Fsp3) is 0.130. The van der Waals surface area contributed by atoms with Crippen molar-refractivity contribution in [3.05, 3.63) is 77.9 Å². The summed E-state index contributed by atoms with van der Waals surface area (Å²) in [6.07, 6.45) is 6.91. The van der Waals surface area contributed by atoms with Gasteiger partial charge in [0.25, 0.3) is 0 Å². The minimum Gasteiger partial charge on any atom is -0.354 e. The van der Waals surface area contributed by atoms with Gasteiger partial charge in [0.05, 0.1) is 0 Å². The van der Waals surface area contributed by atoms with Crippen molar-refractivity contribution in [2.45, 2.75) is 19.8 Å². The smallest absolute Gasteiger partial charge is 0.0470 e. The molecule has 1 heterocycles. The van der Waals surface area contributed by atoms with Gasteiger partial charge in [-0.1, -0.05) is 48.1 Å². The first-order chi connectivity index (χ1) is 11.8. The van der Waals surface area contributed by atoms with Crippen molar-refractivity contribution < 1.29 is 0 Å². The first-order valence-electron chi connectivity index (χ1n) is 8.61. The number of nitrogens with one attached hydrogen (secondary N) is 1. The van der Waals surface area contributed by atoms with Gasteiger partial charge in [-0.05, 0) is 66.1 Å². The van der Waals surface area contributed by atoms with Gasteiger partial charge in [0.1, 0.15) is 0 Å². The van der Waals surface area contributed by atoms with E-state index in [1.807, 2.05) is 0 Å². The highest BCUT2D eigenvalue weighted by Crippen LogP contribution is 2.45. The topological polar surface area (TPSA) is 12.0 Å². The summed E-state index contributed by atoms with van der Waals surface area (Å²) in [5, 5.41) is 6.22. The van der Waals surface area contributed by atoms with Crippen molar-refractivity contribution in [2.24, 2.45) is 0 Å². The number of allylic oxidation sites excluding steroid dienone is 4. The van der Waals surface area contributed by atoms with Crippen LogP contribution in [0.5, 0.6) is 0 Å². The van der Waals surface area contributed by atoms with E-state index in [9.17, 15) is 0 Å². The summed E-state index contributed by atoms with van der Waals surface area (Å²) in [6, 6.07) is 19.9. The fourth-order valence-corrected chi connectivity index (χ4v) is 3.99. The molecule has 5 rings (SSSR count). The molecule has 0 spiro atoms. The van der Waals surface area contributed by atoms with E-state index < -0.39 is 0 Å². The first kappa shape index (κ1) is 13.6. The predicted molar refractivity (Wildman–Crippen MR) is 104 cm³/mol. The Morgan fingerprint density at radius 2 is 1.75 bits per heavy atom. The van der Waals surface area contributed by atoms with Crippen LogP contribution in [0, 0.1) is 0 Å². The monoisotopic (exact) mass is 309 g/mol. The van der Waals surface area contributed by atoms with E-state index in [4.69, 9.17) is 0 Å². The Morgan fingerprint density at radius 1 is 0.875 bits per heavy atom. The first-order valence-corrected chi connectivity index (χ1v) is 8.61. The number of fused-ring (bicyclic) bond motifs is 2. The van der Waals surface area contributed by atoms with Crippen molar-refractivity contribution in [2.75, 3.05) is 5.32 Å². The molecule has 0 atom stereocenters. The second-order valence-corrected chi connectivity index (χ2v) is 6.73. The number of hydrogen-bond donors (Lipinski definition) is 1. The molecule has 0 bridgehead atoms. The average molecular weight is 309 g/mol. The van der Waals surface area contributed by atoms with Gasteiger partial charge >= 0.3 is 0 Å². The van der Waals surface area contributed by atoms with E-state index >= 15 is 0 Å². The number of para-hydroxylation sites is 1. The van der Waals surface area contributed by atoms with Gasteiger partial charge in [0, 0.05) is 22.3 Å². The van der Waals surface area contributed by atoms with Gasteiger partial charge in [0.2, 0.25) is 0 Å². The summed E-state index contributed by atoms with van der Waals surface area (Å²) in [5.74, 6) is 0. The van der Waals surface area contributed by atoms with E-state index in [-0.39, 0.29) is 0 Å². The number of hydrogen-bond acceptors (Lipinski definition) is 1. The molecular weight excluding hydrogens is 290 g/mol. The molecule has 1 aliphatic carbocycles. The van der Waals surface area contributed by atoms with Crippen LogP contribution in [0.15, 0.2) is 72.3 Å². The maximum absolute atomic E-state index is 3.59. The molecule has 3 aromatic carbocycles. The molecule has 2 aliphatic rings. The molecular formula is C23H19N. The zero-order valence-electron chi connectivity index (χ0n) is 13.8. The summed E-state index contributed by atoms with van der Waals surface area (Å²) < 4.78 is 0. The van der Waals surface area contributed by atoms with Crippen LogP contribution in [0.3, 0.4) is 0 Å². The van der Waals surface area contributed by atoms with E-state index in [2.05, 4.69) is 79.0 Å². The van der Waals surface area contributed by atoms with Crippen LogP contribution in [0.1, 0.15) is 25.3 Å². The molecule has 0 aromatic heterocycles. The van der Waals surface area contributed by atoms with Gasteiger partial charge in [0.15, 0.2) is 0 Å². The Balaban J connectivity index is 1.86. The molecule has 0 radical (unpaired) electrons. The SMILES string of the molecule is CC1=C(c2cc3c4c(cccc4c2)Nc2ccccc2-3)C=CCC1. The van der Waals surface area contributed by atoms with Crippen LogP contribution in [0.4, 0.5) is 11.4 Å². The fourth-order valence-electron chi connectivity index (χ4n) is 3.99. The number of rotatable bonds is 1. The molecule has 3 aromatic rings. The Hall–Kier alpha value is -2.80. The third kappa shape index (κ3) is 1.94. The maximum Gasteiger partial charge on any atom is 0.0470 e. The largest absolute Gasteiger partial charge is 0.354 e. The number of anilines is 2. The molecule has 1 nitrogen and oxygen atoms in total. The highest BCUT2D eigenvalue weighted by atomic mass is 14.9. The lowest BCUT2D eigenvalue weighted by Crippen LogP contribution is -2.02. The van der Waals surface area contributed by atoms with Gasteiger partial charge in [-0.15, -0.1) is 0 Å². The minimum atomic E-state index is 1.16. The van der Waals surface area contributed by atoms with E-state index in [1.165, 1.54) is 50.0 Å². The standard InChI is InChI=1S/C23H19N/c1-15-7-2-3-9-18(15)17-13-16-8-6-12-22-23(16)20(14-17)19-10-4-5-11-21(19)24-22/h3-6,8-14,24H,2,7H2,1H3. The van der Waals surface area contributed by atoms with Crippen molar-refractivity contribution in [3.63, 3.8) is 0 Å². The van der Waals surface area contributed by atoms with E-state index in [0.29, 0.717) is 0 Å². The molecule has 24 heavy (non-hydrogen) atoms. The van der Waals surface area contributed by atoms with Crippen LogP contribution in [0.25, 0.3) is 27.5 Å². The molecule has 116 valence electrons. The third-order valence-corrected chi connectivity index (χ3v) is 5.20. The Morgan fingerprint density at radius 3 is 2.67 bits per heavy atom. The summed E-state index contributed by atoms with van der Waals surface area (Å²) in [4.78, 5) is 0. The van der Waals surface area contributed by atoms with Gasteiger partial charge < -0.3 is 5.32 Å². The third-order valence-electron chi connectivity index (χ3n) is 5.20. The zero-order valence-corrected chi connectivity index (χ0v) is 13.8. The second kappa shape index (κ2) is 5.10. The molecule has 1 heteroatoms. The van der Waals surface area contributed by atoms with Crippen LogP contribution in [-0.2, 0) is 0 Å². The molecule has 0 saturated heterocycles. The molecule has 0 unspecified atom stereocenters. The summed E-state index contributed by atoms with van der Waals surface area (Å²) in [6.45, 7) is 2.26. The van der Waals surface area contributed by atoms with Crippen molar-refractivity contribution in [3.8, 4) is 11.1 Å². The second-order valence-electron chi connectivity index (χ2n) is 6.73.